The molecule has 0 radical (unpaired) electrons. The molecule has 0 fully saturated rings. The second-order valence-electron chi connectivity index (χ2n) is 8.74. The Morgan fingerprint density at radius 3 is 1.90 bits per heavy atom. The maximum atomic E-state index is 5.81. The number of allylic oxidation sites excluding steroid dienone is 5. The number of unbranched alkanes of at least 4 members (excludes halogenated alkanes) is 3. The quantitative estimate of drug-likeness (QED) is 0.400. The normalized spacial score (nSPS) is 13.6. The van der Waals surface area contributed by atoms with Gasteiger partial charge in [-0.15, -0.1) is 0 Å². The fourth-order valence-electron chi connectivity index (χ4n) is 3.68. The first kappa shape index (κ1) is 21.3. The highest BCUT2D eigenvalue weighted by Gasteiger charge is 2.12. The van der Waals surface area contributed by atoms with E-state index in [1.807, 2.05) is 0 Å². The highest BCUT2D eigenvalue weighted by Crippen LogP contribution is 2.32. The van der Waals surface area contributed by atoms with Gasteiger partial charge < -0.3 is 4.74 Å². The van der Waals surface area contributed by atoms with Crippen molar-refractivity contribution in [1.29, 1.82) is 0 Å². The van der Waals surface area contributed by atoms with E-state index in [0.717, 1.165) is 19.4 Å². The molecule has 0 atom stereocenters. The van der Waals surface area contributed by atoms with Crippen LogP contribution in [0.3, 0.4) is 0 Å². The monoisotopic (exact) mass is 386 g/mol. The van der Waals surface area contributed by atoms with Gasteiger partial charge in [-0.2, -0.15) is 0 Å². The van der Waals surface area contributed by atoms with Crippen LogP contribution < -0.4 is 0 Å². The average molecular weight is 387 g/mol. The lowest BCUT2D eigenvalue weighted by Crippen LogP contribution is -2.19. The van der Waals surface area contributed by atoms with E-state index < -0.39 is 0 Å². The van der Waals surface area contributed by atoms with Crippen molar-refractivity contribution >= 4 is 5.57 Å². The van der Waals surface area contributed by atoms with Gasteiger partial charge in [0.1, 0.15) is 0 Å². The maximum absolute atomic E-state index is 5.81. The Morgan fingerprint density at radius 2 is 1.31 bits per heavy atom. The molecule has 1 nitrogen and oxygen atoms in total. The van der Waals surface area contributed by atoms with E-state index in [-0.39, 0.29) is 5.60 Å². The molecular formula is C28H34O. The molecule has 1 heteroatoms. The Morgan fingerprint density at radius 1 is 0.724 bits per heavy atom. The third-order valence-corrected chi connectivity index (χ3v) is 5.13. The van der Waals surface area contributed by atoms with Crippen molar-refractivity contribution in [3.63, 3.8) is 0 Å². The average Bonchev–Trinajstić information content (AvgIpc) is 3.17. The molecule has 0 aromatic heterocycles. The Labute approximate surface area is 176 Å². The second kappa shape index (κ2) is 10.4. The summed E-state index contributed by atoms with van der Waals surface area (Å²) in [4.78, 5) is 0. The van der Waals surface area contributed by atoms with E-state index in [1.54, 1.807) is 0 Å². The molecule has 29 heavy (non-hydrogen) atoms. The summed E-state index contributed by atoms with van der Waals surface area (Å²) in [6.07, 6.45) is 13.0. The highest BCUT2D eigenvalue weighted by atomic mass is 16.5. The van der Waals surface area contributed by atoms with E-state index in [9.17, 15) is 0 Å². The van der Waals surface area contributed by atoms with E-state index >= 15 is 0 Å². The van der Waals surface area contributed by atoms with Crippen molar-refractivity contribution in [2.45, 2.75) is 58.5 Å². The van der Waals surface area contributed by atoms with E-state index in [4.69, 9.17) is 4.74 Å². The molecule has 152 valence electrons. The van der Waals surface area contributed by atoms with Crippen LogP contribution in [0.5, 0.6) is 0 Å². The molecule has 0 amide bonds. The summed E-state index contributed by atoms with van der Waals surface area (Å²) >= 11 is 0. The van der Waals surface area contributed by atoms with Gasteiger partial charge in [0, 0.05) is 6.61 Å². The first-order chi connectivity index (χ1) is 14.0. The van der Waals surface area contributed by atoms with Crippen LogP contribution >= 0.6 is 0 Å². The molecule has 1 aliphatic carbocycles. The van der Waals surface area contributed by atoms with Crippen molar-refractivity contribution in [2.75, 3.05) is 6.61 Å². The third kappa shape index (κ3) is 6.87. The summed E-state index contributed by atoms with van der Waals surface area (Å²) in [5.74, 6) is 0. The number of rotatable bonds is 9. The maximum Gasteiger partial charge on any atom is 0.0598 e. The van der Waals surface area contributed by atoms with Crippen LogP contribution in [0.15, 0.2) is 90.0 Å². The van der Waals surface area contributed by atoms with Gasteiger partial charge in [-0.1, -0.05) is 91.7 Å². The molecule has 2 aromatic carbocycles. The summed E-state index contributed by atoms with van der Waals surface area (Å²) in [5, 5.41) is 0. The van der Waals surface area contributed by atoms with Crippen molar-refractivity contribution in [2.24, 2.45) is 0 Å². The smallest absolute Gasteiger partial charge is 0.0598 e. The lowest BCUT2D eigenvalue weighted by molar-refractivity contribution is -0.00473. The predicted molar refractivity (Wildman–Crippen MR) is 125 cm³/mol. The summed E-state index contributed by atoms with van der Waals surface area (Å²) < 4.78 is 5.81. The predicted octanol–water partition coefficient (Wildman–Crippen LogP) is 7.75. The molecule has 0 saturated heterocycles. The van der Waals surface area contributed by atoms with Crippen LogP contribution in [0.4, 0.5) is 0 Å². The topological polar surface area (TPSA) is 9.23 Å². The zero-order valence-corrected chi connectivity index (χ0v) is 18.2. The Kier molecular flexibility index (Phi) is 7.66. The summed E-state index contributed by atoms with van der Waals surface area (Å²) in [7, 11) is 0. The number of benzene rings is 2. The van der Waals surface area contributed by atoms with Crippen molar-refractivity contribution in [3.05, 3.63) is 101 Å². The third-order valence-electron chi connectivity index (χ3n) is 5.13. The molecule has 1 aliphatic rings. The first-order valence-electron chi connectivity index (χ1n) is 10.9. The van der Waals surface area contributed by atoms with Crippen LogP contribution in [-0.4, -0.2) is 12.2 Å². The molecule has 0 aliphatic heterocycles. The van der Waals surface area contributed by atoms with Gasteiger partial charge in [0.05, 0.1) is 5.60 Å². The zero-order chi connectivity index (χ0) is 20.5. The fraction of sp³-hybridized carbons (Fsp3) is 0.357. The van der Waals surface area contributed by atoms with Crippen LogP contribution in [0.2, 0.25) is 0 Å². The summed E-state index contributed by atoms with van der Waals surface area (Å²) in [6, 6.07) is 21.4. The minimum Gasteiger partial charge on any atom is -0.376 e. The molecule has 0 bridgehead atoms. The SMILES string of the molecule is CC(C)(C)OCCCCCCC1=CC(=C(c2ccccc2)c2ccccc2)C=C1. The minimum absolute atomic E-state index is 0.0165. The van der Waals surface area contributed by atoms with Crippen LogP contribution in [0.25, 0.3) is 5.57 Å². The lowest BCUT2D eigenvalue weighted by atomic mass is 9.93. The van der Waals surface area contributed by atoms with E-state index in [1.165, 1.54) is 47.1 Å². The Balaban J connectivity index is 1.60. The van der Waals surface area contributed by atoms with Crippen LogP contribution in [-0.2, 0) is 4.74 Å². The van der Waals surface area contributed by atoms with Crippen molar-refractivity contribution in [1.82, 2.24) is 0 Å². The van der Waals surface area contributed by atoms with Gasteiger partial charge in [-0.25, -0.2) is 0 Å². The van der Waals surface area contributed by atoms with Gasteiger partial charge in [0.2, 0.25) is 0 Å². The van der Waals surface area contributed by atoms with Gasteiger partial charge in [-0.05, 0) is 67.9 Å². The summed E-state index contributed by atoms with van der Waals surface area (Å²) in [6.45, 7) is 7.24. The molecule has 0 heterocycles. The Bertz CT molecular complexity index is 807. The summed E-state index contributed by atoms with van der Waals surface area (Å²) in [5.41, 5.74) is 6.60. The molecule has 0 N–H and O–H groups in total. The fourth-order valence-corrected chi connectivity index (χ4v) is 3.68. The molecule has 0 spiro atoms. The zero-order valence-electron chi connectivity index (χ0n) is 18.2. The van der Waals surface area contributed by atoms with Gasteiger partial charge in [0.15, 0.2) is 0 Å². The van der Waals surface area contributed by atoms with Crippen molar-refractivity contribution in [3.8, 4) is 0 Å². The minimum atomic E-state index is -0.0165. The van der Waals surface area contributed by atoms with Crippen LogP contribution in [0, 0.1) is 0 Å². The molecule has 0 saturated carbocycles. The van der Waals surface area contributed by atoms with Gasteiger partial charge in [-0.3, -0.25) is 0 Å². The highest BCUT2D eigenvalue weighted by molar-refractivity contribution is 5.86. The van der Waals surface area contributed by atoms with Crippen LogP contribution in [0.1, 0.15) is 64.0 Å². The number of hydrogen-bond donors (Lipinski definition) is 0. The standard InChI is InChI=1S/C28H34O/c1-28(2,3)29-21-13-5-4-8-14-23-19-20-26(22-23)27(24-15-9-6-10-16-24)25-17-11-7-12-18-25/h6-7,9-12,15-20,22H,4-5,8,13-14,21H2,1-3H3. The van der Waals surface area contributed by atoms with Gasteiger partial charge in [0.25, 0.3) is 0 Å². The van der Waals surface area contributed by atoms with Crippen molar-refractivity contribution < 1.29 is 4.74 Å². The number of ether oxygens (including phenoxy) is 1. The van der Waals surface area contributed by atoms with Gasteiger partial charge >= 0.3 is 0 Å². The van der Waals surface area contributed by atoms with E-state index in [0.29, 0.717) is 0 Å². The number of hydrogen-bond acceptors (Lipinski definition) is 1. The largest absolute Gasteiger partial charge is 0.376 e. The molecule has 0 unspecified atom stereocenters. The Hall–Kier alpha value is -2.38. The molecule has 3 rings (SSSR count). The molecule has 2 aromatic rings. The van der Waals surface area contributed by atoms with E-state index in [2.05, 4.69) is 99.7 Å². The second-order valence-corrected chi connectivity index (χ2v) is 8.74. The lowest BCUT2D eigenvalue weighted by Gasteiger charge is -2.19. The first-order valence-corrected chi connectivity index (χ1v) is 10.9. The molecular weight excluding hydrogens is 352 g/mol.